The third-order valence-corrected chi connectivity index (χ3v) is 3.79. The number of rotatable bonds is 6. The highest BCUT2D eigenvalue weighted by atomic mass is 35.5. The lowest BCUT2D eigenvalue weighted by Crippen LogP contribution is -2.40. The Hall–Kier alpha value is -1.01. The molecule has 0 aliphatic carbocycles. The molecule has 0 aromatic heterocycles. The summed E-state index contributed by atoms with van der Waals surface area (Å²) >= 11 is 11.9. The van der Waals surface area contributed by atoms with Gasteiger partial charge in [0.05, 0.1) is 28.5 Å². The number of hydrogen-bond acceptors (Lipinski definition) is 4. The molecule has 0 radical (unpaired) electrons. The third kappa shape index (κ3) is 5.36. The van der Waals surface area contributed by atoms with Crippen molar-refractivity contribution in [1.29, 1.82) is 0 Å². The van der Waals surface area contributed by atoms with Crippen LogP contribution in [0, 0.1) is 0 Å². The van der Waals surface area contributed by atoms with E-state index in [1.165, 1.54) is 12.1 Å². The van der Waals surface area contributed by atoms with Crippen molar-refractivity contribution in [3.63, 3.8) is 0 Å². The number of hydrogen-bond donors (Lipinski definition) is 3. The Morgan fingerprint density at radius 2 is 2.05 bits per heavy atom. The molecular weight excluding hydrogens is 313 g/mol. The van der Waals surface area contributed by atoms with Crippen LogP contribution in [0.2, 0.25) is 10.0 Å². The minimum Gasteiger partial charge on any atom is -0.397 e. The van der Waals surface area contributed by atoms with Gasteiger partial charge in [-0.05, 0) is 39.4 Å². The molecule has 118 valence electrons. The number of anilines is 2. The maximum atomic E-state index is 12.2. The SMILES string of the molecule is CC(O)CCN(C)C(C)C(=O)Nc1c(N)cc(Cl)cc1Cl. The molecule has 5 nitrogen and oxygen atoms in total. The molecule has 0 aliphatic heterocycles. The fourth-order valence-electron chi connectivity index (χ4n) is 1.74. The fourth-order valence-corrected chi connectivity index (χ4v) is 2.29. The molecule has 2 unspecified atom stereocenters. The van der Waals surface area contributed by atoms with E-state index in [4.69, 9.17) is 28.9 Å². The average molecular weight is 334 g/mol. The molecule has 0 saturated carbocycles. The molecule has 0 spiro atoms. The summed E-state index contributed by atoms with van der Waals surface area (Å²) in [6, 6.07) is 2.68. The molecule has 0 heterocycles. The van der Waals surface area contributed by atoms with Crippen LogP contribution in [-0.4, -0.2) is 41.7 Å². The number of likely N-dealkylation sites (N-methyl/N-ethyl adjacent to an activating group) is 1. The van der Waals surface area contributed by atoms with Crippen molar-refractivity contribution in [2.45, 2.75) is 32.4 Å². The van der Waals surface area contributed by atoms with Crippen molar-refractivity contribution in [1.82, 2.24) is 4.90 Å². The van der Waals surface area contributed by atoms with Crippen molar-refractivity contribution < 1.29 is 9.90 Å². The second-order valence-electron chi connectivity index (χ2n) is 5.14. The number of nitrogens with zero attached hydrogens (tertiary/aromatic N) is 1. The number of nitrogen functional groups attached to an aromatic ring is 1. The molecule has 1 aromatic carbocycles. The summed E-state index contributed by atoms with van der Waals surface area (Å²) in [7, 11) is 1.82. The summed E-state index contributed by atoms with van der Waals surface area (Å²) in [6.07, 6.45) is 0.196. The molecule has 4 N–H and O–H groups in total. The first kappa shape index (κ1) is 18.0. The quantitative estimate of drug-likeness (QED) is 0.699. The van der Waals surface area contributed by atoms with E-state index < -0.39 is 6.10 Å². The lowest BCUT2D eigenvalue weighted by atomic mass is 10.2. The van der Waals surface area contributed by atoms with E-state index >= 15 is 0 Å². The van der Waals surface area contributed by atoms with Gasteiger partial charge in [-0.1, -0.05) is 23.2 Å². The Balaban J connectivity index is 2.72. The zero-order valence-corrected chi connectivity index (χ0v) is 13.9. The first-order chi connectivity index (χ1) is 9.72. The standard InChI is InChI=1S/C14H21Cl2N3O2/c1-8(20)4-5-19(3)9(2)14(21)18-13-11(16)6-10(15)7-12(13)17/h6-9,20H,4-5,17H2,1-3H3,(H,18,21). The van der Waals surface area contributed by atoms with Gasteiger partial charge in [-0.25, -0.2) is 0 Å². The molecule has 0 bridgehead atoms. The van der Waals surface area contributed by atoms with Crippen LogP contribution in [0.4, 0.5) is 11.4 Å². The summed E-state index contributed by atoms with van der Waals surface area (Å²) in [5, 5.41) is 12.7. The van der Waals surface area contributed by atoms with Crippen molar-refractivity contribution >= 4 is 40.5 Å². The number of amides is 1. The van der Waals surface area contributed by atoms with Gasteiger partial charge in [0.25, 0.3) is 0 Å². The van der Waals surface area contributed by atoms with Gasteiger partial charge in [-0.15, -0.1) is 0 Å². The van der Waals surface area contributed by atoms with Crippen LogP contribution < -0.4 is 11.1 Å². The van der Waals surface area contributed by atoms with E-state index in [-0.39, 0.29) is 11.9 Å². The number of nitrogens with two attached hydrogens (primary N) is 1. The highest BCUT2D eigenvalue weighted by molar-refractivity contribution is 6.37. The van der Waals surface area contributed by atoms with Gasteiger partial charge in [-0.3, -0.25) is 9.69 Å². The van der Waals surface area contributed by atoms with E-state index in [9.17, 15) is 9.90 Å². The number of aliphatic hydroxyl groups excluding tert-OH is 1. The average Bonchev–Trinajstić information content (AvgIpc) is 2.38. The Morgan fingerprint density at radius 3 is 2.57 bits per heavy atom. The maximum absolute atomic E-state index is 12.2. The summed E-state index contributed by atoms with van der Waals surface area (Å²) in [4.78, 5) is 14.1. The van der Waals surface area contributed by atoms with Crippen molar-refractivity contribution in [3.05, 3.63) is 22.2 Å². The molecule has 0 aliphatic rings. The zero-order chi connectivity index (χ0) is 16.2. The summed E-state index contributed by atoms with van der Waals surface area (Å²) < 4.78 is 0. The maximum Gasteiger partial charge on any atom is 0.241 e. The minimum absolute atomic E-state index is 0.223. The van der Waals surface area contributed by atoms with E-state index in [1.807, 2.05) is 11.9 Å². The van der Waals surface area contributed by atoms with Gasteiger partial charge in [0.1, 0.15) is 0 Å². The Labute approximate surface area is 135 Å². The van der Waals surface area contributed by atoms with Gasteiger partial charge in [-0.2, -0.15) is 0 Å². The van der Waals surface area contributed by atoms with Crippen LogP contribution in [0.25, 0.3) is 0 Å². The molecule has 7 heteroatoms. The number of carbonyl (C=O) groups excluding carboxylic acids is 1. The predicted molar refractivity (Wildman–Crippen MR) is 87.9 cm³/mol. The van der Waals surface area contributed by atoms with E-state index in [0.717, 1.165) is 0 Å². The molecular formula is C14H21Cl2N3O2. The van der Waals surface area contributed by atoms with Crippen LogP contribution in [0.1, 0.15) is 20.3 Å². The monoisotopic (exact) mass is 333 g/mol. The molecule has 1 rings (SSSR count). The molecule has 1 amide bonds. The van der Waals surface area contributed by atoms with E-state index in [0.29, 0.717) is 34.4 Å². The Morgan fingerprint density at radius 1 is 1.43 bits per heavy atom. The smallest absolute Gasteiger partial charge is 0.241 e. The highest BCUT2D eigenvalue weighted by Gasteiger charge is 2.20. The normalized spacial score (nSPS) is 14.0. The van der Waals surface area contributed by atoms with Crippen molar-refractivity contribution in [2.24, 2.45) is 0 Å². The van der Waals surface area contributed by atoms with Crippen LogP contribution in [0.15, 0.2) is 12.1 Å². The van der Waals surface area contributed by atoms with Gasteiger partial charge >= 0.3 is 0 Å². The van der Waals surface area contributed by atoms with Gasteiger partial charge < -0.3 is 16.2 Å². The first-order valence-electron chi connectivity index (χ1n) is 6.66. The fraction of sp³-hybridized carbons (Fsp3) is 0.500. The lowest BCUT2D eigenvalue weighted by Gasteiger charge is -2.24. The topological polar surface area (TPSA) is 78.6 Å². The van der Waals surface area contributed by atoms with Gasteiger partial charge in [0.15, 0.2) is 0 Å². The van der Waals surface area contributed by atoms with E-state index in [2.05, 4.69) is 5.32 Å². The largest absolute Gasteiger partial charge is 0.397 e. The third-order valence-electron chi connectivity index (χ3n) is 3.27. The number of halogens is 2. The minimum atomic E-state index is -0.399. The number of carbonyl (C=O) groups is 1. The lowest BCUT2D eigenvalue weighted by molar-refractivity contribution is -0.120. The van der Waals surface area contributed by atoms with E-state index in [1.54, 1.807) is 13.8 Å². The number of aliphatic hydroxyl groups is 1. The van der Waals surface area contributed by atoms with Crippen molar-refractivity contribution in [2.75, 3.05) is 24.6 Å². The second kappa shape index (κ2) is 7.84. The highest BCUT2D eigenvalue weighted by Crippen LogP contribution is 2.32. The van der Waals surface area contributed by atoms with Crippen LogP contribution in [0.3, 0.4) is 0 Å². The molecule has 21 heavy (non-hydrogen) atoms. The Kier molecular flexibility index (Phi) is 6.74. The molecule has 0 fully saturated rings. The Bertz CT molecular complexity index is 486. The van der Waals surface area contributed by atoms with Crippen molar-refractivity contribution in [3.8, 4) is 0 Å². The predicted octanol–water partition coefficient (Wildman–Crippen LogP) is 2.61. The number of benzene rings is 1. The second-order valence-corrected chi connectivity index (χ2v) is 5.98. The van der Waals surface area contributed by atoms with Crippen LogP contribution >= 0.6 is 23.2 Å². The summed E-state index contributed by atoms with van der Waals surface area (Å²) in [6.45, 7) is 4.10. The van der Waals surface area contributed by atoms with Gasteiger partial charge in [0, 0.05) is 11.6 Å². The summed E-state index contributed by atoms with van der Waals surface area (Å²) in [5.74, 6) is -0.223. The van der Waals surface area contributed by atoms with Crippen LogP contribution in [-0.2, 0) is 4.79 Å². The first-order valence-corrected chi connectivity index (χ1v) is 7.41. The summed E-state index contributed by atoms with van der Waals surface area (Å²) in [5.41, 5.74) is 6.50. The van der Waals surface area contributed by atoms with Gasteiger partial charge in [0.2, 0.25) is 5.91 Å². The molecule has 0 saturated heterocycles. The zero-order valence-electron chi connectivity index (χ0n) is 12.4. The molecule has 2 atom stereocenters. The van der Waals surface area contributed by atoms with Crippen LogP contribution in [0.5, 0.6) is 0 Å². The molecule has 1 aromatic rings. The number of nitrogens with one attached hydrogen (secondary N) is 1.